The van der Waals surface area contributed by atoms with Gasteiger partial charge >= 0.3 is 5.97 Å². The summed E-state index contributed by atoms with van der Waals surface area (Å²) < 4.78 is 5.17. The summed E-state index contributed by atoms with van der Waals surface area (Å²) in [6.07, 6.45) is 2.35. The average Bonchev–Trinajstić information content (AvgIpc) is 2.26. The molecule has 2 rings (SSSR count). The number of nitrogens with zero attached hydrogens (tertiary/aromatic N) is 1. The standard InChI is InChI=1S/C15H21NO2/c1-4-8-15(10-16(3)11-15)13-6-5-7-14(9-13)18-12(2)17/h5-7,9H,4,8,10-11H2,1-3H3. The highest BCUT2D eigenvalue weighted by molar-refractivity contribution is 5.69. The molecule has 0 radical (unpaired) electrons. The lowest BCUT2D eigenvalue weighted by Crippen LogP contribution is -2.57. The van der Waals surface area contributed by atoms with Crippen molar-refractivity contribution in [1.82, 2.24) is 4.90 Å². The smallest absolute Gasteiger partial charge is 0.308 e. The number of likely N-dealkylation sites (tertiary alicyclic amines) is 1. The van der Waals surface area contributed by atoms with Gasteiger partial charge in [-0.2, -0.15) is 0 Å². The van der Waals surface area contributed by atoms with Gasteiger partial charge in [0.15, 0.2) is 0 Å². The van der Waals surface area contributed by atoms with Crippen molar-refractivity contribution in [3.63, 3.8) is 0 Å². The first-order chi connectivity index (χ1) is 8.55. The summed E-state index contributed by atoms with van der Waals surface area (Å²) in [6.45, 7) is 5.83. The number of likely N-dealkylation sites (N-methyl/N-ethyl adjacent to an activating group) is 1. The van der Waals surface area contributed by atoms with Gasteiger partial charge in [-0.3, -0.25) is 4.79 Å². The molecule has 0 saturated carbocycles. The van der Waals surface area contributed by atoms with Gasteiger partial charge in [0.25, 0.3) is 0 Å². The monoisotopic (exact) mass is 247 g/mol. The van der Waals surface area contributed by atoms with Crippen molar-refractivity contribution >= 4 is 5.97 Å². The van der Waals surface area contributed by atoms with Crippen LogP contribution in [0.3, 0.4) is 0 Å². The van der Waals surface area contributed by atoms with Crippen LogP contribution in [0.4, 0.5) is 0 Å². The molecule has 1 aromatic carbocycles. The van der Waals surface area contributed by atoms with E-state index in [1.54, 1.807) is 0 Å². The number of carbonyl (C=O) groups is 1. The van der Waals surface area contributed by atoms with Gasteiger partial charge in [0.05, 0.1) is 0 Å². The molecule has 1 aliphatic heterocycles. The second kappa shape index (κ2) is 5.11. The molecule has 1 aliphatic rings. The van der Waals surface area contributed by atoms with E-state index in [-0.39, 0.29) is 11.4 Å². The van der Waals surface area contributed by atoms with Crippen LogP contribution in [0.2, 0.25) is 0 Å². The molecular weight excluding hydrogens is 226 g/mol. The number of ether oxygens (including phenoxy) is 1. The Hall–Kier alpha value is -1.35. The minimum Gasteiger partial charge on any atom is -0.427 e. The van der Waals surface area contributed by atoms with Crippen molar-refractivity contribution in [3.8, 4) is 5.75 Å². The van der Waals surface area contributed by atoms with Crippen LogP contribution in [-0.4, -0.2) is 31.0 Å². The zero-order chi connectivity index (χ0) is 13.2. The quantitative estimate of drug-likeness (QED) is 0.605. The maximum Gasteiger partial charge on any atom is 0.308 e. The SMILES string of the molecule is CCCC1(c2cccc(OC(C)=O)c2)CN(C)C1. The minimum absolute atomic E-state index is 0.250. The Morgan fingerprint density at radius 3 is 2.72 bits per heavy atom. The van der Waals surface area contributed by atoms with Gasteiger partial charge in [0.2, 0.25) is 0 Å². The summed E-state index contributed by atoms with van der Waals surface area (Å²) in [6, 6.07) is 7.98. The Labute approximate surface area is 109 Å². The van der Waals surface area contributed by atoms with Crippen LogP contribution in [-0.2, 0) is 10.2 Å². The van der Waals surface area contributed by atoms with E-state index in [4.69, 9.17) is 4.74 Å². The maximum atomic E-state index is 11.0. The molecule has 0 spiro atoms. The molecule has 3 nitrogen and oxygen atoms in total. The van der Waals surface area contributed by atoms with Crippen LogP contribution >= 0.6 is 0 Å². The highest BCUT2D eigenvalue weighted by atomic mass is 16.5. The largest absolute Gasteiger partial charge is 0.427 e. The zero-order valence-corrected chi connectivity index (χ0v) is 11.4. The summed E-state index contributed by atoms with van der Waals surface area (Å²) in [7, 11) is 2.14. The molecule has 98 valence electrons. The van der Waals surface area contributed by atoms with Gasteiger partial charge in [0, 0.05) is 25.4 Å². The fourth-order valence-electron chi connectivity index (χ4n) is 3.01. The molecule has 1 saturated heterocycles. The Morgan fingerprint density at radius 2 is 2.17 bits per heavy atom. The summed E-state index contributed by atoms with van der Waals surface area (Å²) in [5, 5.41) is 0. The van der Waals surface area contributed by atoms with Gasteiger partial charge < -0.3 is 9.64 Å². The number of hydrogen-bond acceptors (Lipinski definition) is 3. The zero-order valence-electron chi connectivity index (χ0n) is 11.4. The van der Waals surface area contributed by atoms with E-state index in [2.05, 4.69) is 24.9 Å². The molecule has 3 heteroatoms. The molecule has 1 fully saturated rings. The molecule has 0 bridgehead atoms. The van der Waals surface area contributed by atoms with Gasteiger partial charge in [0.1, 0.15) is 5.75 Å². The predicted molar refractivity (Wildman–Crippen MR) is 71.8 cm³/mol. The van der Waals surface area contributed by atoms with Crippen LogP contribution in [0.15, 0.2) is 24.3 Å². The van der Waals surface area contributed by atoms with E-state index in [1.165, 1.54) is 25.3 Å². The summed E-state index contributed by atoms with van der Waals surface area (Å²) in [4.78, 5) is 13.3. The van der Waals surface area contributed by atoms with Gasteiger partial charge in [-0.25, -0.2) is 0 Å². The van der Waals surface area contributed by atoms with E-state index in [0.29, 0.717) is 5.75 Å². The Kier molecular flexibility index (Phi) is 3.71. The molecule has 0 aliphatic carbocycles. The topological polar surface area (TPSA) is 29.5 Å². The minimum atomic E-state index is -0.262. The summed E-state index contributed by atoms with van der Waals surface area (Å²) >= 11 is 0. The lowest BCUT2D eigenvalue weighted by molar-refractivity contribution is -0.131. The number of esters is 1. The maximum absolute atomic E-state index is 11.0. The van der Waals surface area contributed by atoms with Crippen LogP contribution in [0.25, 0.3) is 0 Å². The molecular formula is C15H21NO2. The predicted octanol–water partition coefficient (Wildman–Crippen LogP) is 2.60. The van der Waals surface area contributed by atoms with E-state index in [1.807, 2.05) is 18.2 Å². The van der Waals surface area contributed by atoms with E-state index < -0.39 is 0 Å². The van der Waals surface area contributed by atoms with Gasteiger partial charge in [-0.1, -0.05) is 25.5 Å². The lowest BCUT2D eigenvalue weighted by atomic mass is 9.71. The van der Waals surface area contributed by atoms with Crippen molar-refractivity contribution in [2.45, 2.75) is 32.1 Å². The van der Waals surface area contributed by atoms with Crippen LogP contribution < -0.4 is 4.74 Å². The van der Waals surface area contributed by atoms with Gasteiger partial charge in [-0.05, 0) is 31.2 Å². The number of benzene rings is 1. The fraction of sp³-hybridized carbons (Fsp3) is 0.533. The Bertz CT molecular complexity index is 430. The highest BCUT2D eigenvalue weighted by Crippen LogP contribution is 2.39. The molecule has 0 atom stereocenters. The van der Waals surface area contributed by atoms with E-state index in [0.717, 1.165) is 13.1 Å². The fourth-order valence-corrected chi connectivity index (χ4v) is 3.01. The molecule has 0 amide bonds. The lowest BCUT2D eigenvalue weighted by Gasteiger charge is -2.49. The van der Waals surface area contributed by atoms with Crippen molar-refractivity contribution in [1.29, 1.82) is 0 Å². The van der Waals surface area contributed by atoms with Crippen molar-refractivity contribution < 1.29 is 9.53 Å². The Balaban J connectivity index is 2.23. The number of rotatable bonds is 4. The highest BCUT2D eigenvalue weighted by Gasteiger charge is 2.41. The molecule has 1 heterocycles. The van der Waals surface area contributed by atoms with E-state index >= 15 is 0 Å². The normalized spacial score (nSPS) is 18.2. The molecule has 0 aromatic heterocycles. The second-order valence-corrected chi connectivity index (χ2v) is 5.32. The summed E-state index contributed by atoms with van der Waals surface area (Å²) in [5.74, 6) is 0.396. The third kappa shape index (κ3) is 2.56. The first kappa shape index (κ1) is 13.1. The first-order valence-electron chi connectivity index (χ1n) is 6.53. The second-order valence-electron chi connectivity index (χ2n) is 5.32. The van der Waals surface area contributed by atoms with Crippen LogP contribution in [0.5, 0.6) is 5.75 Å². The number of carbonyl (C=O) groups excluding carboxylic acids is 1. The number of hydrogen-bond donors (Lipinski definition) is 0. The van der Waals surface area contributed by atoms with Crippen molar-refractivity contribution in [3.05, 3.63) is 29.8 Å². The summed E-state index contributed by atoms with van der Waals surface area (Å²) in [5.41, 5.74) is 1.54. The van der Waals surface area contributed by atoms with E-state index in [9.17, 15) is 4.79 Å². The molecule has 18 heavy (non-hydrogen) atoms. The van der Waals surface area contributed by atoms with Crippen LogP contribution in [0, 0.1) is 0 Å². The molecule has 0 N–H and O–H groups in total. The van der Waals surface area contributed by atoms with Crippen LogP contribution in [0.1, 0.15) is 32.3 Å². The molecule has 1 aromatic rings. The van der Waals surface area contributed by atoms with Crippen molar-refractivity contribution in [2.75, 3.05) is 20.1 Å². The molecule has 0 unspecified atom stereocenters. The third-order valence-electron chi connectivity index (χ3n) is 3.58. The third-order valence-corrected chi connectivity index (χ3v) is 3.58. The van der Waals surface area contributed by atoms with Gasteiger partial charge in [-0.15, -0.1) is 0 Å². The average molecular weight is 247 g/mol. The first-order valence-corrected chi connectivity index (χ1v) is 6.53. The Morgan fingerprint density at radius 1 is 1.44 bits per heavy atom. The van der Waals surface area contributed by atoms with Crippen molar-refractivity contribution in [2.24, 2.45) is 0 Å².